The van der Waals surface area contributed by atoms with Crippen LogP contribution in [0.5, 0.6) is 0 Å². The van der Waals surface area contributed by atoms with Crippen molar-refractivity contribution in [2.24, 2.45) is 0 Å². The van der Waals surface area contributed by atoms with Gasteiger partial charge in [0.2, 0.25) is 20.0 Å². The number of rotatable bonds is 9. The lowest BCUT2D eigenvalue weighted by molar-refractivity contribution is -0.137. The lowest BCUT2D eigenvalue weighted by atomic mass is 10.4. The van der Waals surface area contributed by atoms with Gasteiger partial charge in [-0.3, -0.25) is 4.79 Å². The van der Waals surface area contributed by atoms with Crippen molar-refractivity contribution in [2.45, 2.75) is 42.0 Å². The van der Waals surface area contributed by atoms with E-state index in [9.17, 15) is 21.6 Å². The van der Waals surface area contributed by atoms with E-state index in [0.29, 0.717) is 6.42 Å². The Morgan fingerprint density at radius 1 is 1.25 bits per heavy atom. The number of nitrogens with zero attached hydrogens (tertiary/aromatic N) is 1. The van der Waals surface area contributed by atoms with Crippen LogP contribution in [0, 0.1) is 0 Å². The Balaban J connectivity index is 2.36. The van der Waals surface area contributed by atoms with Crippen molar-refractivity contribution in [2.75, 3.05) is 13.1 Å². The molecule has 0 unspecified atom stereocenters. The highest BCUT2D eigenvalue weighted by Crippen LogP contribution is 2.24. The lowest BCUT2D eigenvalue weighted by Crippen LogP contribution is -2.36. The summed E-state index contributed by atoms with van der Waals surface area (Å²) in [7, 11) is -7.88. The minimum atomic E-state index is -4.09. The molecule has 1 saturated carbocycles. The molecular weight excluding hydrogens is 356 g/mol. The number of carboxylic acids is 1. The largest absolute Gasteiger partial charge is 0.480 e. The van der Waals surface area contributed by atoms with Crippen LogP contribution in [0.3, 0.4) is 0 Å². The number of nitrogens with one attached hydrogen (secondary N) is 1. The molecule has 134 valence electrons. The van der Waals surface area contributed by atoms with Crippen molar-refractivity contribution in [1.29, 1.82) is 0 Å². The average Bonchev–Trinajstić information content (AvgIpc) is 3.30. The molecule has 0 spiro atoms. The maximum atomic E-state index is 12.6. The fourth-order valence-corrected chi connectivity index (χ4v) is 5.08. The van der Waals surface area contributed by atoms with E-state index in [1.165, 1.54) is 18.2 Å². The summed E-state index contributed by atoms with van der Waals surface area (Å²) in [6.45, 7) is 1.09. The van der Waals surface area contributed by atoms with Crippen molar-refractivity contribution < 1.29 is 26.7 Å². The Morgan fingerprint density at radius 2 is 1.88 bits per heavy atom. The fraction of sp³-hybridized carbons (Fsp3) is 0.500. The van der Waals surface area contributed by atoms with Gasteiger partial charge in [0, 0.05) is 12.6 Å². The summed E-state index contributed by atoms with van der Waals surface area (Å²) < 4.78 is 53.0. The molecule has 0 amide bonds. The Hall–Kier alpha value is -1.49. The molecule has 8 nitrogen and oxygen atoms in total. The summed E-state index contributed by atoms with van der Waals surface area (Å²) in [6.07, 6.45) is 1.97. The van der Waals surface area contributed by atoms with Crippen LogP contribution in [0.25, 0.3) is 0 Å². The van der Waals surface area contributed by atoms with E-state index in [-0.39, 0.29) is 22.4 Å². The van der Waals surface area contributed by atoms with E-state index in [2.05, 4.69) is 4.72 Å². The van der Waals surface area contributed by atoms with Crippen LogP contribution in [0.1, 0.15) is 26.2 Å². The molecular formula is C14H20N2O6S2. The zero-order chi connectivity index (χ0) is 18.0. The molecule has 1 fully saturated rings. The van der Waals surface area contributed by atoms with Crippen LogP contribution >= 0.6 is 0 Å². The molecule has 1 aromatic rings. The van der Waals surface area contributed by atoms with Crippen molar-refractivity contribution in [3.63, 3.8) is 0 Å². The van der Waals surface area contributed by atoms with E-state index < -0.39 is 32.6 Å². The van der Waals surface area contributed by atoms with Crippen molar-refractivity contribution >= 4 is 26.0 Å². The van der Waals surface area contributed by atoms with Crippen LogP contribution in [0.2, 0.25) is 0 Å². The molecule has 0 bridgehead atoms. The Labute approximate surface area is 141 Å². The maximum Gasteiger partial charge on any atom is 0.318 e. The van der Waals surface area contributed by atoms with E-state index >= 15 is 0 Å². The number of benzene rings is 1. The highest BCUT2D eigenvalue weighted by atomic mass is 32.2. The predicted octanol–water partition coefficient (Wildman–Crippen LogP) is 0.613. The van der Waals surface area contributed by atoms with Gasteiger partial charge in [0.25, 0.3) is 0 Å². The normalized spacial score (nSPS) is 15.6. The molecule has 0 radical (unpaired) electrons. The van der Waals surface area contributed by atoms with E-state index in [0.717, 1.165) is 23.2 Å². The fourth-order valence-electron chi connectivity index (χ4n) is 2.12. The highest BCUT2D eigenvalue weighted by Gasteiger charge is 2.30. The summed E-state index contributed by atoms with van der Waals surface area (Å²) in [6, 6.07) is 4.86. The minimum absolute atomic E-state index is 0.0337. The van der Waals surface area contributed by atoms with Gasteiger partial charge in [0.15, 0.2) is 0 Å². The number of sulfonamides is 2. The van der Waals surface area contributed by atoms with Crippen molar-refractivity contribution in [3.05, 3.63) is 24.3 Å². The molecule has 24 heavy (non-hydrogen) atoms. The minimum Gasteiger partial charge on any atom is -0.480 e. The standard InChI is InChI=1S/C14H20N2O6S2/c1-2-8-16(10-14(17)18)24(21,22)13-5-3-4-12(9-13)23(19,20)15-11-6-7-11/h3-5,9,11,15H,2,6-8,10H2,1H3,(H,17,18). The van der Waals surface area contributed by atoms with Crippen molar-refractivity contribution in [1.82, 2.24) is 9.03 Å². The van der Waals surface area contributed by atoms with E-state index in [1.807, 2.05) is 0 Å². The first-order valence-corrected chi connectivity index (χ1v) is 10.4. The maximum absolute atomic E-state index is 12.6. The van der Waals surface area contributed by atoms with Crippen LogP contribution in [-0.2, 0) is 24.8 Å². The number of aliphatic carboxylic acids is 1. The molecule has 1 aromatic carbocycles. The SMILES string of the molecule is CCCN(CC(=O)O)S(=O)(=O)c1cccc(S(=O)(=O)NC2CC2)c1. The molecule has 1 aliphatic carbocycles. The van der Waals surface area contributed by atoms with Crippen molar-refractivity contribution in [3.8, 4) is 0 Å². The van der Waals surface area contributed by atoms with Crippen LogP contribution in [-0.4, -0.2) is 51.3 Å². The van der Waals surface area contributed by atoms with Gasteiger partial charge < -0.3 is 5.11 Å². The van der Waals surface area contributed by atoms with Gasteiger partial charge in [-0.25, -0.2) is 21.6 Å². The number of hydrogen-bond acceptors (Lipinski definition) is 5. The number of carbonyl (C=O) groups is 1. The first-order chi connectivity index (χ1) is 11.2. The molecule has 2 rings (SSSR count). The Bertz CT molecular complexity index is 815. The second-order valence-electron chi connectivity index (χ2n) is 5.60. The molecule has 2 N–H and O–H groups in total. The summed E-state index contributed by atoms with van der Waals surface area (Å²) in [5.74, 6) is -1.27. The zero-order valence-corrected chi connectivity index (χ0v) is 14.8. The third-order valence-corrected chi connectivity index (χ3v) is 6.80. The zero-order valence-electron chi connectivity index (χ0n) is 13.2. The molecule has 0 aliphatic heterocycles. The van der Waals surface area contributed by atoms with Gasteiger partial charge in [-0.1, -0.05) is 13.0 Å². The molecule has 0 heterocycles. The summed E-state index contributed by atoms with van der Waals surface area (Å²) in [4.78, 5) is 10.5. The van der Waals surface area contributed by atoms with E-state index in [1.54, 1.807) is 6.92 Å². The second-order valence-corrected chi connectivity index (χ2v) is 9.25. The third kappa shape index (κ3) is 4.53. The molecule has 0 atom stereocenters. The van der Waals surface area contributed by atoms with Gasteiger partial charge in [0.05, 0.1) is 9.79 Å². The molecule has 1 aliphatic rings. The van der Waals surface area contributed by atoms with Gasteiger partial charge >= 0.3 is 5.97 Å². The number of hydrogen-bond donors (Lipinski definition) is 2. The first-order valence-electron chi connectivity index (χ1n) is 7.51. The Morgan fingerprint density at radius 3 is 2.42 bits per heavy atom. The van der Waals surface area contributed by atoms with Gasteiger partial charge in [-0.15, -0.1) is 0 Å². The lowest BCUT2D eigenvalue weighted by Gasteiger charge is -2.20. The van der Waals surface area contributed by atoms with Gasteiger partial charge in [-0.2, -0.15) is 4.31 Å². The Kier molecular flexibility index (Phi) is 5.63. The molecule has 10 heteroatoms. The van der Waals surface area contributed by atoms with Crippen LogP contribution in [0.15, 0.2) is 34.1 Å². The second kappa shape index (κ2) is 7.18. The predicted molar refractivity (Wildman–Crippen MR) is 86.5 cm³/mol. The van der Waals surface area contributed by atoms with Gasteiger partial charge in [0.1, 0.15) is 6.54 Å². The van der Waals surface area contributed by atoms with Crippen LogP contribution in [0.4, 0.5) is 0 Å². The number of carboxylic acid groups (broad SMARTS) is 1. The third-order valence-electron chi connectivity index (χ3n) is 3.44. The monoisotopic (exact) mass is 376 g/mol. The summed E-state index contributed by atoms with van der Waals surface area (Å²) in [5.41, 5.74) is 0. The molecule has 0 aromatic heterocycles. The summed E-state index contributed by atoms with van der Waals surface area (Å²) >= 11 is 0. The van der Waals surface area contributed by atoms with Gasteiger partial charge in [-0.05, 0) is 37.5 Å². The highest BCUT2D eigenvalue weighted by molar-refractivity contribution is 7.90. The topological polar surface area (TPSA) is 121 Å². The average molecular weight is 376 g/mol. The summed E-state index contributed by atoms with van der Waals surface area (Å²) in [5, 5.41) is 8.90. The smallest absolute Gasteiger partial charge is 0.318 e. The van der Waals surface area contributed by atoms with Crippen LogP contribution < -0.4 is 4.72 Å². The van der Waals surface area contributed by atoms with E-state index in [4.69, 9.17) is 5.11 Å². The quantitative estimate of drug-likeness (QED) is 0.651. The first kappa shape index (κ1) is 18.8. The molecule has 0 saturated heterocycles.